The zero-order valence-electron chi connectivity index (χ0n) is 9.53. The minimum absolute atomic E-state index is 0.178. The fourth-order valence-corrected chi connectivity index (χ4v) is 1.49. The lowest BCUT2D eigenvalue weighted by Gasteiger charge is -2.05. The molecule has 1 aromatic heterocycles. The van der Waals surface area contributed by atoms with Crippen molar-refractivity contribution in [2.45, 2.75) is 6.54 Å². The van der Waals surface area contributed by atoms with Gasteiger partial charge in [0, 0.05) is 19.8 Å². The van der Waals surface area contributed by atoms with Gasteiger partial charge in [-0.05, 0) is 17.2 Å². The molecular formula is C12H14N4O. The number of aromatic amines is 1. The molecule has 1 heterocycles. The smallest absolute Gasteiger partial charge is 0.314 e. The van der Waals surface area contributed by atoms with E-state index in [9.17, 15) is 4.79 Å². The highest BCUT2D eigenvalue weighted by atomic mass is 16.2. The summed E-state index contributed by atoms with van der Waals surface area (Å²) < 4.78 is 0. The van der Waals surface area contributed by atoms with E-state index in [1.807, 2.05) is 30.3 Å². The van der Waals surface area contributed by atoms with E-state index < -0.39 is 0 Å². The summed E-state index contributed by atoms with van der Waals surface area (Å²) in [4.78, 5) is 11.0. The third-order valence-electron chi connectivity index (χ3n) is 2.45. The van der Waals surface area contributed by atoms with Gasteiger partial charge >= 0.3 is 6.03 Å². The van der Waals surface area contributed by atoms with Crippen molar-refractivity contribution < 1.29 is 4.79 Å². The van der Waals surface area contributed by atoms with Crippen molar-refractivity contribution in [1.82, 2.24) is 20.8 Å². The lowest BCUT2D eigenvalue weighted by atomic mass is 10.1. The van der Waals surface area contributed by atoms with Gasteiger partial charge in [-0.2, -0.15) is 5.10 Å². The Morgan fingerprint density at radius 3 is 2.65 bits per heavy atom. The predicted octanol–water partition coefficient (Wildman–Crippen LogP) is 1.51. The quantitative estimate of drug-likeness (QED) is 0.748. The molecule has 0 fully saturated rings. The third kappa shape index (κ3) is 2.84. The first kappa shape index (κ1) is 11.2. The maximum absolute atomic E-state index is 11.0. The van der Waals surface area contributed by atoms with Crippen LogP contribution in [0.2, 0.25) is 0 Å². The molecule has 0 spiro atoms. The molecule has 0 radical (unpaired) electrons. The molecule has 2 aromatic rings. The number of amides is 2. The van der Waals surface area contributed by atoms with Gasteiger partial charge in [0.15, 0.2) is 0 Å². The van der Waals surface area contributed by atoms with Crippen LogP contribution in [0.15, 0.2) is 36.5 Å². The minimum Gasteiger partial charge on any atom is -0.341 e. The number of hydrogen-bond acceptors (Lipinski definition) is 2. The van der Waals surface area contributed by atoms with E-state index in [0.29, 0.717) is 6.54 Å². The van der Waals surface area contributed by atoms with E-state index in [0.717, 1.165) is 16.8 Å². The predicted molar refractivity (Wildman–Crippen MR) is 65.3 cm³/mol. The summed E-state index contributed by atoms with van der Waals surface area (Å²) in [7, 11) is 1.59. The number of urea groups is 1. The Morgan fingerprint density at radius 2 is 2.06 bits per heavy atom. The second-order valence-electron chi connectivity index (χ2n) is 3.60. The number of nitrogens with zero attached hydrogens (tertiary/aromatic N) is 1. The van der Waals surface area contributed by atoms with Crippen LogP contribution in [0, 0.1) is 0 Å². The maximum atomic E-state index is 11.0. The highest BCUT2D eigenvalue weighted by molar-refractivity contribution is 5.73. The van der Waals surface area contributed by atoms with Crippen molar-refractivity contribution in [3.8, 4) is 11.3 Å². The van der Waals surface area contributed by atoms with Crippen molar-refractivity contribution in [3.05, 3.63) is 42.1 Å². The molecule has 5 nitrogen and oxygen atoms in total. The summed E-state index contributed by atoms with van der Waals surface area (Å²) in [5.74, 6) is 0. The van der Waals surface area contributed by atoms with Crippen LogP contribution in [0.25, 0.3) is 11.3 Å². The van der Waals surface area contributed by atoms with Gasteiger partial charge in [-0.15, -0.1) is 0 Å². The molecule has 0 saturated carbocycles. The number of benzene rings is 1. The lowest BCUT2D eigenvalue weighted by Crippen LogP contribution is -2.32. The van der Waals surface area contributed by atoms with Crippen LogP contribution in [-0.2, 0) is 6.54 Å². The molecule has 3 N–H and O–H groups in total. The van der Waals surface area contributed by atoms with E-state index in [-0.39, 0.29) is 6.03 Å². The van der Waals surface area contributed by atoms with Gasteiger partial charge in [0.1, 0.15) is 0 Å². The molecule has 0 aliphatic carbocycles. The molecule has 5 heteroatoms. The number of rotatable bonds is 3. The molecular weight excluding hydrogens is 216 g/mol. The van der Waals surface area contributed by atoms with Crippen LogP contribution in [0.4, 0.5) is 4.79 Å². The minimum atomic E-state index is -0.178. The van der Waals surface area contributed by atoms with Crippen LogP contribution in [0.5, 0.6) is 0 Å². The summed E-state index contributed by atoms with van der Waals surface area (Å²) in [5, 5.41) is 12.0. The first-order chi connectivity index (χ1) is 8.29. The van der Waals surface area contributed by atoms with E-state index in [4.69, 9.17) is 0 Å². The summed E-state index contributed by atoms with van der Waals surface area (Å²) in [6.45, 7) is 0.517. The van der Waals surface area contributed by atoms with E-state index >= 15 is 0 Å². The van der Waals surface area contributed by atoms with Crippen LogP contribution >= 0.6 is 0 Å². The van der Waals surface area contributed by atoms with Gasteiger partial charge in [0.25, 0.3) is 0 Å². The summed E-state index contributed by atoms with van der Waals surface area (Å²) >= 11 is 0. The fourth-order valence-electron chi connectivity index (χ4n) is 1.49. The monoisotopic (exact) mass is 230 g/mol. The van der Waals surface area contributed by atoms with Crippen molar-refractivity contribution in [3.63, 3.8) is 0 Å². The number of nitrogens with one attached hydrogen (secondary N) is 3. The Bertz CT molecular complexity index is 476. The van der Waals surface area contributed by atoms with Gasteiger partial charge in [0.05, 0.1) is 5.69 Å². The average Bonchev–Trinajstić information content (AvgIpc) is 2.90. The van der Waals surface area contributed by atoms with E-state index in [1.54, 1.807) is 13.2 Å². The van der Waals surface area contributed by atoms with Crippen LogP contribution in [-0.4, -0.2) is 23.3 Å². The molecule has 88 valence electrons. The molecule has 17 heavy (non-hydrogen) atoms. The maximum Gasteiger partial charge on any atom is 0.314 e. The Balaban J connectivity index is 2.01. The van der Waals surface area contributed by atoms with Crippen LogP contribution in [0.1, 0.15) is 5.56 Å². The summed E-state index contributed by atoms with van der Waals surface area (Å²) in [5.41, 5.74) is 3.11. The standard InChI is InChI=1S/C12H14N4O/c1-13-12(17)14-8-9-2-4-10(5-3-9)11-6-7-15-16-11/h2-7H,8H2,1H3,(H,15,16)(H2,13,14,17). The van der Waals surface area contributed by atoms with Gasteiger partial charge in [0.2, 0.25) is 0 Å². The normalized spacial score (nSPS) is 9.94. The van der Waals surface area contributed by atoms with Gasteiger partial charge in [-0.25, -0.2) is 4.79 Å². The SMILES string of the molecule is CNC(=O)NCc1ccc(-c2ccn[nH]2)cc1. The average molecular weight is 230 g/mol. The molecule has 0 aliphatic rings. The molecule has 2 rings (SSSR count). The second kappa shape index (κ2) is 5.16. The van der Waals surface area contributed by atoms with E-state index in [2.05, 4.69) is 20.8 Å². The Kier molecular flexibility index (Phi) is 3.40. The van der Waals surface area contributed by atoms with Crippen LogP contribution in [0.3, 0.4) is 0 Å². The van der Waals surface area contributed by atoms with Gasteiger partial charge in [-0.3, -0.25) is 5.10 Å². The molecule has 0 atom stereocenters. The topological polar surface area (TPSA) is 69.8 Å². The highest BCUT2D eigenvalue weighted by Gasteiger charge is 2.00. The first-order valence-corrected chi connectivity index (χ1v) is 5.34. The third-order valence-corrected chi connectivity index (χ3v) is 2.45. The molecule has 1 aromatic carbocycles. The van der Waals surface area contributed by atoms with Crippen molar-refractivity contribution in [2.75, 3.05) is 7.05 Å². The summed E-state index contributed by atoms with van der Waals surface area (Å²) in [6.07, 6.45) is 1.72. The number of aromatic nitrogens is 2. The van der Waals surface area contributed by atoms with Crippen molar-refractivity contribution in [1.29, 1.82) is 0 Å². The first-order valence-electron chi connectivity index (χ1n) is 5.34. The molecule has 0 unspecified atom stereocenters. The fraction of sp³-hybridized carbons (Fsp3) is 0.167. The zero-order chi connectivity index (χ0) is 12.1. The molecule has 2 amide bonds. The van der Waals surface area contributed by atoms with Gasteiger partial charge in [-0.1, -0.05) is 24.3 Å². The van der Waals surface area contributed by atoms with Crippen LogP contribution < -0.4 is 10.6 Å². The Morgan fingerprint density at radius 1 is 1.29 bits per heavy atom. The van der Waals surface area contributed by atoms with Crippen molar-refractivity contribution >= 4 is 6.03 Å². The van der Waals surface area contributed by atoms with Gasteiger partial charge < -0.3 is 10.6 Å². The summed E-state index contributed by atoms with van der Waals surface area (Å²) in [6, 6.07) is 9.68. The lowest BCUT2D eigenvalue weighted by molar-refractivity contribution is 0.242. The highest BCUT2D eigenvalue weighted by Crippen LogP contribution is 2.16. The Hall–Kier alpha value is -2.30. The number of H-pyrrole nitrogens is 1. The van der Waals surface area contributed by atoms with Crippen molar-refractivity contribution in [2.24, 2.45) is 0 Å². The van der Waals surface area contributed by atoms with E-state index in [1.165, 1.54) is 0 Å². The molecule has 0 saturated heterocycles. The Labute approximate surface area is 99.2 Å². The number of carbonyl (C=O) groups is 1. The largest absolute Gasteiger partial charge is 0.341 e. The number of hydrogen-bond donors (Lipinski definition) is 3. The zero-order valence-corrected chi connectivity index (χ0v) is 9.53. The molecule has 0 aliphatic heterocycles. The second-order valence-corrected chi connectivity index (χ2v) is 3.60. The number of carbonyl (C=O) groups excluding carboxylic acids is 1. The molecule has 0 bridgehead atoms.